The van der Waals surface area contributed by atoms with Gasteiger partial charge in [-0.25, -0.2) is 0 Å². The van der Waals surface area contributed by atoms with Gasteiger partial charge in [0.15, 0.2) is 11.5 Å². The van der Waals surface area contributed by atoms with Gasteiger partial charge in [0.2, 0.25) is 0 Å². The van der Waals surface area contributed by atoms with Crippen molar-refractivity contribution < 1.29 is 9.47 Å². The van der Waals surface area contributed by atoms with Crippen LogP contribution in [0.2, 0.25) is 0 Å². The molecule has 0 saturated heterocycles. The SMILES string of the molecule is CCC(N)Cc1ccc(OCc2cncs2)c(OC)c1. The lowest BCUT2D eigenvalue weighted by atomic mass is 10.0. The van der Waals surface area contributed by atoms with Crippen molar-refractivity contribution in [2.75, 3.05) is 7.11 Å². The molecule has 1 heterocycles. The second-order valence-corrected chi connectivity index (χ2v) is 5.58. The highest BCUT2D eigenvalue weighted by molar-refractivity contribution is 7.09. The third kappa shape index (κ3) is 3.95. The molecule has 1 aromatic heterocycles. The molecule has 0 bridgehead atoms. The number of benzene rings is 1. The van der Waals surface area contributed by atoms with Gasteiger partial charge in [0.25, 0.3) is 0 Å². The molecule has 20 heavy (non-hydrogen) atoms. The van der Waals surface area contributed by atoms with Gasteiger partial charge < -0.3 is 15.2 Å². The van der Waals surface area contributed by atoms with Crippen LogP contribution in [0.4, 0.5) is 0 Å². The van der Waals surface area contributed by atoms with E-state index < -0.39 is 0 Å². The minimum atomic E-state index is 0.184. The number of thiazole rings is 1. The van der Waals surface area contributed by atoms with Crippen molar-refractivity contribution in [1.29, 1.82) is 0 Å². The molecule has 0 spiro atoms. The fourth-order valence-electron chi connectivity index (χ4n) is 1.87. The first-order valence-electron chi connectivity index (χ1n) is 6.65. The van der Waals surface area contributed by atoms with Crippen molar-refractivity contribution in [2.24, 2.45) is 5.73 Å². The third-order valence-corrected chi connectivity index (χ3v) is 3.86. The summed E-state index contributed by atoms with van der Waals surface area (Å²) in [6.45, 7) is 2.60. The van der Waals surface area contributed by atoms with E-state index in [2.05, 4.69) is 11.9 Å². The third-order valence-electron chi connectivity index (χ3n) is 3.10. The lowest BCUT2D eigenvalue weighted by molar-refractivity contribution is 0.287. The van der Waals surface area contributed by atoms with Crippen molar-refractivity contribution in [3.63, 3.8) is 0 Å². The van der Waals surface area contributed by atoms with Crippen molar-refractivity contribution in [3.05, 3.63) is 40.3 Å². The summed E-state index contributed by atoms with van der Waals surface area (Å²) in [5.41, 5.74) is 8.94. The Morgan fingerprint density at radius 1 is 1.35 bits per heavy atom. The maximum absolute atomic E-state index is 5.98. The number of ether oxygens (including phenoxy) is 2. The molecule has 4 nitrogen and oxygen atoms in total. The summed E-state index contributed by atoms with van der Waals surface area (Å²) in [5.74, 6) is 1.49. The normalized spacial score (nSPS) is 12.2. The summed E-state index contributed by atoms with van der Waals surface area (Å²) >= 11 is 1.58. The largest absolute Gasteiger partial charge is 0.493 e. The van der Waals surface area contributed by atoms with E-state index in [-0.39, 0.29) is 6.04 Å². The van der Waals surface area contributed by atoms with E-state index in [0.29, 0.717) is 6.61 Å². The van der Waals surface area contributed by atoms with E-state index in [1.54, 1.807) is 24.0 Å². The summed E-state index contributed by atoms with van der Waals surface area (Å²) in [5, 5.41) is 0. The highest BCUT2D eigenvalue weighted by atomic mass is 32.1. The number of hydrogen-bond donors (Lipinski definition) is 1. The Hall–Kier alpha value is -1.59. The van der Waals surface area contributed by atoms with Gasteiger partial charge in [-0.15, -0.1) is 11.3 Å². The van der Waals surface area contributed by atoms with E-state index in [0.717, 1.165) is 29.2 Å². The van der Waals surface area contributed by atoms with Gasteiger partial charge in [0.05, 0.1) is 17.5 Å². The first kappa shape index (κ1) is 14.8. The number of hydrogen-bond acceptors (Lipinski definition) is 5. The second-order valence-electron chi connectivity index (χ2n) is 4.61. The second kappa shape index (κ2) is 7.26. The van der Waals surface area contributed by atoms with Crippen molar-refractivity contribution in [3.8, 4) is 11.5 Å². The molecular weight excluding hydrogens is 272 g/mol. The molecule has 0 aliphatic rings. The highest BCUT2D eigenvalue weighted by Gasteiger charge is 2.08. The first-order valence-corrected chi connectivity index (χ1v) is 7.53. The van der Waals surface area contributed by atoms with Gasteiger partial charge in [0.1, 0.15) is 6.61 Å². The predicted octanol–water partition coefficient (Wildman–Crippen LogP) is 3.01. The number of rotatable bonds is 7. The Labute approximate surface area is 123 Å². The Kier molecular flexibility index (Phi) is 5.38. The van der Waals surface area contributed by atoms with Gasteiger partial charge in [-0.2, -0.15) is 0 Å². The van der Waals surface area contributed by atoms with Crippen molar-refractivity contribution in [2.45, 2.75) is 32.4 Å². The average Bonchev–Trinajstić information content (AvgIpc) is 2.98. The van der Waals surface area contributed by atoms with E-state index in [1.807, 2.05) is 24.4 Å². The molecule has 0 radical (unpaired) electrons. The Morgan fingerprint density at radius 2 is 2.20 bits per heavy atom. The van der Waals surface area contributed by atoms with Crippen LogP contribution in [-0.4, -0.2) is 18.1 Å². The van der Waals surface area contributed by atoms with Gasteiger partial charge in [-0.3, -0.25) is 4.98 Å². The molecule has 2 aromatic rings. The summed E-state index contributed by atoms with van der Waals surface area (Å²) in [6, 6.07) is 6.17. The summed E-state index contributed by atoms with van der Waals surface area (Å²) < 4.78 is 11.2. The number of methoxy groups -OCH3 is 1. The molecule has 2 N–H and O–H groups in total. The zero-order chi connectivity index (χ0) is 14.4. The molecule has 1 atom stereocenters. The zero-order valence-electron chi connectivity index (χ0n) is 11.8. The van der Waals surface area contributed by atoms with Crippen LogP contribution in [0.15, 0.2) is 29.9 Å². The minimum absolute atomic E-state index is 0.184. The van der Waals surface area contributed by atoms with Crippen LogP contribution >= 0.6 is 11.3 Å². The Morgan fingerprint density at radius 3 is 2.85 bits per heavy atom. The van der Waals surface area contributed by atoms with Crippen LogP contribution in [-0.2, 0) is 13.0 Å². The molecule has 1 aromatic carbocycles. The van der Waals surface area contributed by atoms with E-state index in [9.17, 15) is 0 Å². The molecule has 0 aliphatic carbocycles. The van der Waals surface area contributed by atoms with Gasteiger partial charge in [-0.1, -0.05) is 13.0 Å². The van der Waals surface area contributed by atoms with E-state index in [1.165, 1.54) is 5.56 Å². The quantitative estimate of drug-likeness (QED) is 0.852. The summed E-state index contributed by atoms with van der Waals surface area (Å²) in [7, 11) is 1.65. The molecular formula is C15H20N2O2S. The number of aromatic nitrogens is 1. The van der Waals surface area contributed by atoms with E-state index in [4.69, 9.17) is 15.2 Å². The summed E-state index contributed by atoms with van der Waals surface area (Å²) in [6.07, 6.45) is 3.62. The van der Waals surface area contributed by atoms with Crippen LogP contribution in [0.5, 0.6) is 11.5 Å². The lowest BCUT2D eigenvalue weighted by Crippen LogP contribution is -2.21. The molecule has 0 aliphatic heterocycles. The van der Waals surface area contributed by atoms with Gasteiger partial charge >= 0.3 is 0 Å². The van der Waals surface area contributed by atoms with Crippen LogP contribution in [0.25, 0.3) is 0 Å². The van der Waals surface area contributed by atoms with Crippen molar-refractivity contribution in [1.82, 2.24) is 4.98 Å². The molecule has 2 rings (SSSR count). The van der Waals surface area contributed by atoms with Crippen LogP contribution in [0.3, 0.4) is 0 Å². The van der Waals surface area contributed by atoms with Crippen LogP contribution in [0.1, 0.15) is 23.8 Å². The van der Waals surface area contributed by atoms with Crippen LogP contribution in [0, 0.1) is 0 Å². The molecule has 108 valence electrons. The highest BCUT2D eigenvalue weighted by Crippen LogP contribution is 2.29. The molecule has 0 saturated carbocycles. The number of nitrogens with zero attached hydrogens (tertiary/aromatic N) is 1. The fourth-order valence-corrected chi connectivity index (χ4v) is 2.37. The molecule has 1 unspecified atom stereocenters. The first-order chi connectivity index (χ1) is 9.72. The predicted molar refractivity (Wildman–Crippen MR) is 81.4 cm³/mol. The number of nitrogens with two attached hydrogens (primary N) is 1. The van der Waals surface area contributed by atoms with Gasteiger partial charge in [-0.05, 0) is 30.5 Å². The van der Waals surface area contributed by atoms with Crippen LogP contribution < -0.4 is 15.2 Å². The summed E-state index contributed by atoms with van der Waals surface area (Å²) in [4.78, 5) is 5.11. The molecule has 5 heteroatoms. The maximum atomic E-state index is 5.98. The zero-order valence-corrected chi connectivity index (χ0v) is 12.7. The Bertz CT molecular complexity index is 529. The molecule has 0 fully saturated rings. The minimum Gasteiger partial charge on any atom is -0.493 e. The molecule has 0 amide bonds. The fraction of sp³-hybridized carbons (Fsp3) is 0.400. The lowest BCUT2D eigenvalue weighted by Gasteiger charge is -2.13. The smallest absolute Gasteiger partial charge is 0.161 e. The standard InChI is InChI=1S/C15H20N2O2S/c1-3-12(16)6-11-4-5-14(15(7-11)18-2)19-9-13-8-17-10-20-13/h4-5,7-8,10,12H,3,6,9,16H2,1-2H3. The van der Waals surface area contributed by atoms with Crippen molar-refractivity contribution >= 4 is 11.3 Å². The maximum Gasteiger partial charge on any atom is 0.161 e. The average molecular weight is 292 g/mol. The topological polar surface area (TPSA) is 57.4 Å². The Balaban J connectivity index is 2.05. The monoisotopic (exact) mass is 292 g/mol. The van der Waals surface area contributed by atoms with E-state index >= 15 is 0 Å². The van der Waals surface area contributed by atoms with Gasteiger partial charge in [0, 0.05) is 12.2 Å².